The first-order chi connectivity index (χ1) is 14.7. The van der Waals surface area contributed by atoms with Gasteiger partial charge in [0, 0.05) is 17.0 Å². The standard InChI is InChI=1S/C24H17ClF2O3S/c25-21-15-12-18(13-16-21)11-14-20(19-7-3-1-4-8-19)17-23(28)24(26,27)31(29,30)22-9-5-2-6-10-22/h1-10,12-13,15-16,20H,17H2/t20-/m1/s1. The summed E-state index contributed by atoms with van der Waals surface area (Å²) in [4.78, 5) is 11.9. The van der Waals surface area contributed by atoms with Gasteiger partial charge in [0.25, 0.3) is 9.84 Å². The van der Waals surface area contributed by atoms with Crippen molar-refractivity contribution >= 4 is 27.2 Å². The maximum atomic E-state index is 14.8. The van der Waals surface area contributed by atoms with Crippen molar-refractivity contribution in [3.63, 3.8) is 0 Å². The Morgan fingerprint density at radius 2 is 1.45 bits per heavy atom. The van der Waals surface area contributed by atoms with Gasteiger partial charge in [0.15, 0.2) is 0 Å². The Balaban J connectivity index is 1.92. The molecule has 0 fully saturated rings. The Hall–Kier alpha value is -3.01. The molecule has 0 saturated heterocycles. The molecule has 1 atom stereocenters. The fraction of sp³-hybridized carbons (Fsp3) is 0.125. The maximum Gasteiger partial charge on any atom is 0.406 e. The molecule has 0 amide bonds. The molecule has 3 nitrogen and oxygen atoms in total. The quantitative estimate of drug-likeness (QED) is 0.458. The van der Waals surface area contributed by atoms with Crippen LogP contribution in [0.2, 0.25) is 5.02 Å². The van der Waals surface area contributed by atoms with Gasteiger partial charge in [-0.05, 0) is 42.0 Å². The fourth-order valence-corrected chi connectivity index (χ4v) is 4.16. The van der Waals surface area contributed by atoms with E-state index in [0.717, 1.165) is 12.1 Å². The van der Waals surface area contributed by atoms with Crippen LogP contribution >= 0.6 is 11.6 Å². The summed E-state index contributed by atoms with van der Waals surface area (Å²) in [6.07, 6.45) is -0.760. The molecule has 0 N–H and O–H groups in total. The third kappa shape index (κ3) is 5.19. The van der Waals surface area contributed by atoms with Crippen LogP contribution in [0.4, 0.5) is 8.78 Å². The molecule has 0 unspecified atom stereocenters. The lowest BCUT2D eigenvalue weighted by Gasteiger charge is -2.18. The van der Waals surface area contributed by atoms with Gasteiger partial charge in [0.1, 0.15) is 0 Å². The lowest BCUT2D eigenvalue weighted by molar-refractivity contribution is -0.133. The number of benzene rings is 3. The Morgan fingerprint density at radius 1 is 0.903 bits per heavy atom. The first kappa shape index (κ1) is 22.7. The van der Waals surface area contributed by atoms with Gasteiger partial charge in [-0.15, -0.1) is 0 Å². The van der Waals surface area contributed by atoms with Crippen LogP contribution in [0.25, 0.3) is 0 Å². The predicted molar refractivity (Wildman–Crippen MR) is 116 cm³/mol. The minimum absolute atomic E-state index is 0.520. The second-order valence-corrected chi connectivity index (χ2v) is 9.13. The molecule has 3 rings (SSSR count). The SMILES string of the molecule is O=C(C[C@@H](C#Cc1ccc(Cl)cc1)c1ccccc1)C(F)(F)S(=O)(=O)c1ccccc1. The summed E-state index contributed by atoms with van der Waals surface area (Å²) in [6.45, 7) is 0. The summed E-state index contributed by atoms with van der Waals surface area (Å²) in [5.74, 6) is 3.04. The first-order valence-electron chi connectivity index (χ1n) is 9.24. The lowest BCUT2D eigenvalue weighted by Crippen LogP contribution is -2.38. The summed E-state index contributed by atoms with van der Waals surface area (Å²) in [5.41, 5.74) is 1.12. The molecular weight excluding hydrogens is 442 g/mol. The Morgan fingerprint density at radius 3 is 2.03 bits per heavy atom. The van der Waals surface area contributed by atoms with Crippen LogP contribution < -0.4 is 0 Å². The highest BCUT2D eigenvalue weighted by atomic mass is 35.5. The van der Waals surface area contributed by atoms with Crippen LogP contribution in [0.15, 0.2) is 89.8 Å². The van der Waals surface area contributed by atoms with Crippen LogP contribution in [0.5, 0.6) is 0 Å². The van der Waals surface area contributed by atoms with Gasteiger partial charge in [-0.25, -0.2) is 8.42 Å². The van der Waals surface area contributed by atoms with Gasteiger partial charge >= 0.3 is 5.25 Å². The van der Waals surface area contributed by atoms with Crippen molar-refractivity contribution in [2.45, 2.75) is 22.5 Å². The number of ketones is 1. The molecule has 31 heavy (non-hydrogen) atoms. The number of hydrogen-bond acceptors (Lipinski definition) is 3. The normalized spacial score (nSPS) is 12.5. The minimum atomic E-state index is -5.18. The van der Waals surface area contributed by atoms with E-state index in [2.05, 4.69) is 11.8 Å². The Labute approximate surface area is 184 Å². The third-order valence-corrected chi connectivity index (χ3v) is 6.59. The van der Waals surface area contributed by atoms with Crippen LogP contribution in [-0.4, -0.2) is 19.5 Å². The van der Waals surface area contributed by atoms with E-state index in [1.54, 1.807) is 54.6 Å². The van der Waals surface area contributed by atoms with E-state index in [0.29, 0.717) is 16.1 Å². The van der Waals surface area contributed by atoms with E-state index < -0.39 is 38.1 Å². The second-order valence-electron chi connectivity index (χ2n) is 6.70. The molecule has 3 aromatic carbocycles. The molecule has 0 aliphatic heterocycles. The zero-order valence-electron chi connectivity index (χ0n) is 16.1. The number of sulfone groups is 1. The summed E-state index contributed by atoms with van der Waals surface area (Å²) in [6, 6.07) is 21.2. The van der Waals surface area contributed by atoms with Crippen molar-refractivity contribution in [3.05, 3.63) is 101 Å². The van der Waals surface area contributed by atoms with Crippen LogP contribution in [-0.2, 0) is 14.6 Å². The number of hydrogen-bond donors (Lipinski definition) is 0. The second kappa shape index (κ2) is 9.42. The van der Waals surface area contributed by atoms with Crippen molar-refractivity contribution in [3.8, 4) is 11.8 Å². The van der Waals surface area contributed by atoms with Crippen molar-refractivity contribution in [1.29, 1.82) is 0 Å². The summed E-state index contributed by atoms with van der Waals surface area (Å²) in [5, 5.41) is -4.06. The van der Waals surface area contributed by atoms with Gasteiger partial charge in [-0.3, -0.25) is 4.79 Å². The number of rotatable bonds is 6. The van der Waals surface area contributed by atoms with Gasteiger partial charge in [-0.1, -0.05) is 72.0 Å². The number of Topliss-reactive ketones (excluding diaryl/α,β-unsaturated/α-hetero) is 1. The molecule has 0 bridgehead atoms. The van der Waals surface area contributed by atoms with Crippen LogP contribution in [0.3, 0.4) is 0 Å². The van der Waals surface area contributed by atoms with Gasteiger partial charge in [0.05, 0.1) is 10.8 Å². The first-order valence-corrected chi connectivity index (χ1v) is 11.1. The van der Waals surface area contributed by atoms with E-state index in [9.17, 15) is 22.0 Å². The van der Waals surface area contributed by atoms with Crippen molar-refractivity contribution in [1.82, 2.24) is 0 Å². The summed E-state index contributed by atoms with van der Waals surface area (Å²) >= 11 is 5.85. The molecule has 0 aliphatic carbocycles. The number of carbonyl (C=O) groups is 1. The van der Waals surface area contributed by atoms with E-state index in [4.69, 9.17) is 11.6 Å². The minimum Gasteiger partial charge on any atom is -0.292 e. The van der Waals surface area contributed by atoms with Crippen molar-refractivity contribution in [2.24, 2.45) is 0 Å². The van der Waals surface area contributed by atoms with E-state index in [1.165, 1.54) is 18.2 Å². The number of carbonyl (C=O) groups excluding carboxylic acids is 1. The lowest BCUT2D eigenvalue weighted by atomic mass is 9.94. The smallest absolute Gasteiger partial charge is 0.292 e. The predicted octanol–water partition coefficient (Wildman–Crippen LogP) is 5.50. The molecule has 158 valence electrons. The third-order valence-electron chi connectivity index (χ3n) is 4.54. The fourth-order valence-electron chi connectivity index (χ4n) is 2.84. The average molecular weight is 459 g/mol. The molecular formula is C24H17ClF2O3S. The largest absolute Gasteiger partial charge is 0.406 e. The molecule has 0 radical (unpaired) electrons. The van der Waals surface area contributed by atoms with Gasteiger partial charge < -0.3 is 0 Å². The summed E-state index contributed by atoms with van der Waals surface area (Å²) < 4.78 is 54.3. The average Bonchev–Trinajstić information content (AvgIpc) is 2.78. The Bertz CT molecular complexity index is 1210. The zero-order chi connectivity index (χ0) is 22.5. The maximum absolute atomic E-state index is 14.8. The Kier molecular flexibility index (Phi) is 6.89. The molecule has 3 aromatic rings. The van der Waals surface area contributed by atoms with Crippen molar-refractivity contribution in [2.75, 3.05) is 0 Å². The van der Waals surface area contributed by atoms with Gasteiger partial charge in [-0.2, -0.15) is 8.78 Å². The molecule has 0 aromatic heterocycles. The van der Waals surface area contributed by atoms with E-state index in [-0.39, 0.29) is 0 Å². The number of halogens is 3. The van der Waals surface area contributed by atoms with E-state index >= 15 is 0 Å². The molecule has 0 aliphatic rings. The van der Waals surface area contributed by atoms with Gasteiger partial charge in [0.2, 0.25) is 5.78 Å². The molecule has 0 saturated carbocycles. The monoisotopic (exact) mass is 458 g/mol. The number of alkyl halides is 2. The molecule has 7 heteroatoms. The molecule has 0 spiro atoms. The highest BCUT2D eigenvalue weighted by molar-refractivity contribution is 7.93. The van der Waals surface area contributed by atoms with Crippen LogP contribution in [0.1, 0.15) is 23.5 Å². The van der Waals surface area contributed by atoms with Crippen molar-refractivity contribution < 1.29 is 22.0 Å². The highest BCUT2D eigenvalue weighted by Gasteiger charge is 2.53. The van der Waals surface area contributed by atoms with Crippen LogP contribution in [0, 0.1) is 11.8 Å². The highest BCUT2D eigenvalue weighted by Crippen LogP contribution is 2.33. The zero-order valence-corrected chi connectivity index (χ0v) is 17.7. The topological polar surface area (TPSA) is 51.2 Å². The van der Waals surface area contributed by atoms with E-state index in [1.807, 2.05) is 0 Å². The molecule has 0 heterocycles. The summed E-state index contributed by atoms with van der Waals surface area (Å²) in [7, 11) is -5.18.